The van der Waals surface area contributed by atoms with E-state index in [-0.39, 0.29) is 22.9 Å². The van der Waals surface area contributed by atoms with Crippen LogP contribution < -0.4 is 15.0 Å². The second-order valence-electron chi connectivity index (χ2n) is 8.52. The molecular weight excluding hydrogens is 516 g/mol. The lowest BCUT2D eigenvalue weighted by Crippen LogP contribution is -2.44. The zero-order valence-corrected chi connectivity index (χ0v) is 20.3. The number of ether oxygens (including phenoxy) is 1. The van der Waals surface area contributed by atoms with E-state index in [1.54, 1.807) is 25.2 Å². The predicted molar refractivity (Wildman–Crippen MR) is 129 cm³/mol. The summed E-state index contributed by atoms with van der Waals surface area (Å²) in [5.74, 6) is -2.60. The van der Waals surface area contributed by atoms with E-state index in [1.165, 1.54) is 29.1 Å². The number of aromatic nitrogens is 4. The van der Waals surface area contributed by atoms with Gasteiger partial charge < -0.3 is 19.5 Å². The van der Waals surface area contributed by atoms with Crippen molar-refractivity contribution in [2.24, 2.45) is 7.05 Å². The van der Waals surface area contributed by atoms with Gasteiger partial charge in [-0.1, -0.05) is 17.7 Å². The number of halogens is 5. The van der Waals surface area contributed by atoms with Crippen molar-refractivity contribution in [3.8, 4) is 17.0 Å². The van der Waals surface area contributed by atoms with Gasteiger partial charge in [-0.2, -0.15) is 18.3 Å². The number of fused-ring (bicyclic) bond motifs is 1. The van der Waals surface area contributed by atoms with E-state index in [2.05, 4.69) is 15.3 Å². The Morgan fingerprint density at radius 1 is 1.16 bits per heavy atom. The molecule has 4 aromatic rings. The van der Waals surface area contributed by atoms with E-state index in [1.807, 2.05) is 4.57 Å². The number of alkyl halides is 3. The fraction of sp³-hybridized carbons (Fsp3) is 0.292. The summed E-state index contributed by atoms with van der Waals surface area (Å²) in [7, 11) is 1.62. The van der Waals surface area contributed by atoms with Crippen molar-refractivity contribution < 1.29 is 27.1 Å². The summed E-state index contributed by atoms with van der Waals surface area (Å²) >= 11 is 6.01. The van der Waals surface area contributed by atoms with Crippen molar-refractivity contribution in [3.63, 3.8) is 0 Å². The molecule has 0 amide bonds. The largest absolute Gasteiger partial charge is 0.491 e. The lowest BCUT2D eigenvalue weighted by atomic mass is 10.1. The number of imidazole rings is 1. The predicted octanol–water partition coefficient (Wildman–Crippen LogP) is 4.15. The van der Waals surface area contributed by atoms with E-state index in [0.29, 0.717) is 54.4 Å². The average molecular weight is 537 g/mol. The third-order valence-corrected chi connectivity index (χ3v) is 6.39. The minimum absolute atomic E-state index is 0.0254. The van der Waals surface area contributed by atoms with Crippen LogP contribution >= 0.6 is 11.6 Å². The molecule has 2 aromatic heterocycles. The summed E-state index contributed by atoms with van der Waals surface area (Å²) in [5.41, 5.74) is 2.23. The Hall–Kier alpha value is -3.64. The number of rotatable bonds is 5. The Morgan fingerprint density at radius 3 is 2.57 bits per heavy atom. The highest BCUT2D eigenvalue weighted by Crippen LogP contribution is 2.39. The van der Waals surface area contributed by atoms with Crippen molar-refractivity contribution in [1.82, 2.24) is 24.6 Å². The summed E-state index contributed by atoms with van der Waals surface area (Å²) in [6.45, 7) is 2.99. The van der Waals surface area contributed by atoms with Crippen LogP contribution in [0.5, 0.6) is 5.75 Å². The summed E-state index contributed by atoms with van der Waals surface area (Å²) in [4.78, 5) is 18.6. The van der Waals surface area contributed by atoms with Gasteiger partial charge in [-0.3, -0.25) is 4.68 Å². The van der Waals surface area contributed by atoms with Crippen LogP contribution in [0.1, 0.15) is 5.56 Å². The van der Waals surface area contributed by atoms with Crippen molar-refractivity contribution >= 4 is 34.6 Å². The Labute approximate surface area is 213 Å². The number of carbonyl (C=O) groups excluding carboxylic acids is 1. The van der Waals surface area contributed by atoms with Gasteiger partial charge in [-0.25, -0.2) is 14.2 Å². The van der Waals surface area contributed by atoms with Crippen LogP contribution in [-0.2, 0) is 18.4 Å². The number of hydrogen-bond donors (Lipinski definition) is 1. The Morgan fingerprint density at radius 2 is 1.92 bits per heavy atom. The first-order chi connectivity index (χ1) is 17.6. The molecule has 0 aliphatic carbocycles. The fourth-order valence-corrected chi connectivity index (χ4v) is 4.56. The number of hydrogen-bond acceptors (Lipinski definition) is 6. The minimum Gasteiger partial charge on any atom is -0.419 e. The molecule has 1 saturated heterocycles. The maximum Gasteiger partial charge on any atom is 0.491 e. The average Bonchev–Trinajstić information content (AvgIpc) is 3.44. The zero-order valence-electron chi connectivity index (χ0n) is 19.5. The second-order valence-corrected chi connectivity index (χ2v) is 8.92. The van der Waals surface area contributed by atoms with Gasteiger partial charge in [0.05, 0.1) is 28.3 Å². The number of nitrogens with one attached hydrogen (secondary N) is 1. The Bertz CT molecular complexity index is 1480. The standard InChI is InChI=1S/C24H21ClF4N6O2/c1-33-17(6-7-31-33)20-19(37-22(36)24(27,28)29)5-4-18-21(20)32-23(34-10-8-30-9-11-34)35(18)13-14-2-3-16(26)15(25)12-14/h2-7,12,30H,8-11,13H2,1H3. The maximum absolute atomic E-state index is 13.8. The van der Waals surface area contributed by atoms with E-state index in [0.717, 1.165) is 0 Å². The molecule has 1 fully saturated rings. The van der Waals surface area contributed by atoms with E-state index >= 15 is 0 Å². The van der Waals surface area contributed by atoms with Crippen LogP contribution in [0, 0.1) is 5.82 Å². The van der Waals surface area contributed by atoms with Crippen molar-refractivity contribution in [2.45, 2.75) is 12.7 Å². The van der Waals surface area contributed by atoms with Gasteiger partial charge in [-0.15, -0.1) is 0 Å². The fourth-order valence-electron chi connectivity index (χ4n) is 4.35. The van der Waals surface area contributed by atoms with Crippen LogP contribution in [0.2, 0.25) is 5.02 Å². The number of nitrogens with zero attached hydrogens (tertiary/aromatic N) is 5. The highest BCUT2D eigenvalue weighted by Gasteiger charge is 2.42. The molecule has 1 aliphatic rings. The number of carbonyl (C=O) groups is 1. The molecule has 0 bridgehead atoms. The number of esters is 1. The SMILES string of the molecule is Cn1nccc1-c1c(OC(=O)C(F)(F)F)ccc2c1nc(N1CCNCC1)n2Cc1ccc(F)c(Cl)c1. The molecule has 0 saturated carbocycles. The van der Waals surface area contributed by atoms with Gasteiger partial charge in [0.1, 0.15) is 17.1 Å². The van der Waals surface area contributed by atoms with Crippen LogP contribution in [0.15, 0.2) is 42.6 Å². The van der Waals surface area contributed by atoms with E-state index in [9.17, 15) is 22.4 Å². The molecule has 0 spiro atoms. The third kappa shape index (κ3) is 4.86. The Kier molecular flexibility index (Phi) is 6.54. The molecule has 0 atom stereocenters. The van der Waals surface area contributed by atoms with Crippen LogP contribution in [0.4, 0.5) is 23.5 Å². The summed E-state index contributed by atoms with van der Waals surface area (Å²) < 4.78 is 61.1. The van der Waals surface area contributed by atoms with Crippen LogP contribution in [-0.4, -0.2) is 57.7 Å². The van der Waals surface area contributed by atoms with Crippen molar-refractivity contribution in [1.29, 1.82) is 0 Å². The molecule has 1 aliphatic heterocycles. The third-order valence-electron chi connectivity index (χ3n) is 6.10. The molecular formula is C24H21ClF4N6O2. The molecule has 194 valence electrons. The van der Waals surface area contributed by atoms with Crippen LogP contribution in [0.25, 0.3) is 22.3 Å². The number of anilines is 1. The number of benzene rings is 2. The van der Waals surface area contributed by atoms with Gasteiger partial charge in [-0.05, 0) is 35.9 Å². The van der Waals surface area contributed by atoms with Gasteiger partial charge in [0.15, 0.2) is 0 Å². The number of aryl methyl sites for hydroxylation is 1. The number of piperazine rings is 1. The van der Waals surface area contributed by atoms with Gasteiger partial charge in [0.2, 0.25) is 5.95 Å². The van der Waals surface area contributed by atoms with Crippen LogP contribution in [0.3, 0.4) is 0 Å². The molecule has 2 aromatic carbocycles. The first-order valence-electron chi connectivity index (χ1n) is 11.3. The highest BCUT2D eigenvalue weighted by atomic mass is 35.5. The van der Waals surface area contributed by atoms with E-state index < -0.39 is 18.0 Å². The molecule has 5 rings (SSSR count). The lowest BCUT2D eigenvalue weighted by Gasteiger charge is -2.29. The lowest BCUT2D eigenvalue weighted by molar-refractivity contribution is -0.189. The Balaban J connectivity index is 1.72. The monoisotopic (exact) mass is 536 g/mol. The normalized spacial score (nSPS) is 14.4. The summed E-state index contributed by atoms with van der Waals surface area (Å²) in [6, 6.07) is 8.87. The molecule has 1 N–H and O–H groups in total. The molecule has 8 nitrogen and oxygen atoms in total. The molecule has 13 heteroatoms. The molecule has 0 unspecified atom stereocenters. The first-order valence-corrected chi connectivity index (χ1v) is 11.7. The first kappa shape index (κ1) is 25.0. The highest BCUT2D eigenvalue weighted by molar-refractivity contribution is 6.30. The zero-order chi connectivity index (χ0) is 26.3. The van der Waals surface area contributed by atoms with Gasteiger partial charge in [0.25, 0.3) is 0 Å². The van der Waals surface area contributed by atoms with Gasteiger partial charge in [0, 0.05) is 39.4 Å². The molecule has 37 heavy (non-hydrogen) atoms. The quantitative estimate of drug-likeness (QED) is 0.235. The second kappa shape index (κ2) is 9.67. The molecule has 0 radical (unpaired) electrons. The maximum atomic E-state index is 13.8. The minimum atomic E-state index is -5.17. The molecule has 3 heterocycles. The van der Waals surface area contributed by atoms with Crippen molar-refractivity contribution in [2.75, 3.05) is 31.1 Å². The van der Waals surface area contributed by atoms with Crippen molar-refractivity contribution in [3.05, 3.63) is 59.0 Å². The summed E-state index contributed by atoms with van der Waals surface area (Å²) in [5, 5.41) is 7.37. The van der Waals surface area contributed by atoms with E-state index in [4.69, 9.17) is 21.3 Å². The smallest absolute Gasteiger partial charge is 0.419 e. The topological polar surface area (TPSA) is 77.2 Å². The summed E-state index contributed by atoms with van der Waals surface area (Å²) in [6.07, 6.45) is -3.69. The van der Waals surface area contributed by atoms with Gasteiger partial charge >= 0.3 is 12.1 Å².